The van der Waals surface area contributed by atoms with Crippen molar-refractivity contribution in [3.05, 3.63) is 45.4 Å². The molecule has 0 saturated heterocycles. The predicted molar refractivity (Wildman–Crippen MR) is 83.3 cm³/mol. The number of aldehydes is 1. The number of hydrogen-bond acceptors (Lipinski definition) is 2. The van der Waals surface area contributed by atoms with Crippen LogP contribution in [0.15, 0.2) is 24.3 Å². The molecule has 0 aliphatic heterocycles. The Bertz CT molecular complexity index is 609. The lowest BCUT2D eigenvalue weighted by Crippen LogP contribution is -1.93. The SMILES string of the molecule is CC(C)c1sc(C(C)C)c(-c2ccc(F)cc2)c1C=O. The third-order valence-corrected chi connectivity index (χ3v) is 5.11. The van der Waals surface area contributed by atoms with E-state index >= 15 is 0 Å². The van der Waals surface area contributed by atoms with Crippen molar-refractivity contribution in [1.29, 1.82) is 0 Å². The van der Waals surface area contributed by atoms with Crippen LogP contribution in [0.4, 0.5) is 4.39 Å². The lowest BCUT2D eigenvalue weighted by molar-refractivity contribution is 0.112. The number of halogens is 1. The van der Waals surface area contributed by atoms with Gasteiger partial charge in [-0.1, -0.05) is 39.8 Å². The van der Waals surface area contributed by atoms with E-state index in [1.807, 2.05) is 0 Å². The van der Waals surface area contributed by atoms with Gasteiger partial charge in [0, 0.05) is 20.9 Å². The number of carbonyl (C=O) groups excluding carboxylic acids is 1. The zero-order valence-electron chi connectivity index (χ0n) is 12.2. The summed E-state index contributed by atoms with van der Waals surface area (Å²) in [7, 11) is 0. The minimum Gasteiger partial charge on any atom is -0.298 e. The van der Waals surface area contributed by atoms with Crippen molar-refractivity contribution < 1.29 is 9.18 Å². The standard InChI is InChI=1S/C17H19FOS/c1-10(2)16-14(9-19)15(17(20-16)11(3)4)12-5-7-13(18)8-6-12/h5-11H,1-4H3. The van der Waals surface area contributed by atoms with Crippen LogP contribution in [0.1, 0.15) is 59.6 Å². The second kappa shape index (κ2) is 5.88. The Kier molecular flexibility index (Phi) is 4.39. The van der Waals surface area contributed by atoms with Crippen molar-refractivity contribution in [1.82, 2.24) is 0 Å². The molecule has 0 amide bonds. The minimum atomic E-state index is -0.258. The molecule has 1 aromatic carbocycles. The van der Waals surface area contributed by atoms with Crippen LogP contribution in [0, 0.1) is 5.82 Å². The van der Waals surface area contributed by atoms with E-state index in [1.165, 1.54) is 17.0 Å². The maximum Gasteiger partial charge on any atom is 0.151 e. The Hall–Kier alpha value is -1.48. The molecule has 0 unspecified atom stereocenters. The Morgan fingerprint density at radius 3 is 2.00 bits per heavy atom. The smallest absolute Gasteiger partial charge is 0.151 e. The van der Waals surface area contributed by atoms with Crippen LogP contribution in [-0.4, -0.2) is 6.29 Å². The maximum absolute atomic E-state index is 13.1. The number of thiophene rings is 1. The van der Waals surface area contributed by atoms with E-state index in [0.29, 0.717) is 11.8 Å². The summed E-state index contributed by atoms with van der Waals surface area (Å²) in [6.07, 6.45) is 0.941. The van der Waals surface area contributed by atoms with E-state index in [1.54, 1.807) is 23.5 Å². The number of carbonyl (C=O) groups is 1. The van der Waals surface area contributed by atoms with Crippen LogP contribution >= 0.6 is 11.3 Å². The van der Waals surface area contributed by atoms with E-state index < -0.39 is 0 Å². The molecule has 20 heavy (non-hydrogen) atoms. The molecule has 2 rings (SSSR count). The Balaban J connectivity index is 2.71. The lowest BCUT2D eigenvalue weighted by Gasteiger charge is -2.08. The monoisotopic (exact) mass is 290 g/mol. The zero-order chi connectivity index (χ0) is 14.9. The first kappa shape index (κ1) is 14.9. The molecule has 1 heterocycles. The molecule has 1 nitrogen and oxygen atoms in total. The summed E-state index contributed by atoms with van der Waals surface area (Å²) in [5.74, 6) is 0.393. The molecule has 0 saturated carbocycles. The van der Waals surface area contributed by atoms with Gasteiger partial charge in [0.25, 0.3) is 0 Å². The van der Waals surface area contributed by atoms with E-state index in [0.717, 1.165) is 27.9 Å². The Morgan fingerprint density at radius 1 is 1.00 bits per heavy atom. The number of hydrogen-bond donors (Lipinski definition) is 0. The predicted octanol–water partition coefficient (Wildman–Crippen LogP) is 5.61. The van der Waals surface area contributed by atoms with Crippen LogP contribution in [-0.2, 0) is 0 Å². The maximum atomic E-state index is 13.1. The summed E-state index contributed by atoms with van der Waals surface area (Å²) in [6, 6.07) is 6.39. The van der Waals surface area contributed by atoms with Gasteiger partial charge in [0.2, 0.25) is 0 Å². The first-order chi connectivity index (χ1) is 9.45. The highest BCUT2D eigenvalue weighted by atomic mass is 32.1. The van der Waals surface area contributed by atoms with Crippen molar-refractivity contribution in [2.45, 2.75) is 39.5 Å². The molecule has 3 heteroatoms. The molecule has 0 spiro atoms. The van der Waals surface area contributed by atoms with Gasteiger partial charge in [-0.2, -0.15) is 0 Å². The molecule has 0 N–H and O–H groups in total. The van der Waals surface area contributed by atoms with Crippen LogP contribution < -0.4 is 0 Å². The summed E-state index contributed by atoms with van der Waals surface area (Å²) < 4.78 is 13.1. The van der Waals surface area contributed by atoms with Gasteiger partial charge >= 0.3 is 0 Å². The number of rotatable bonds is 4. The van der Waals surface area contributed by atoms with Crippen LogP contribution in [0.5, 0.6) is 0 Å². The first-order valence-electron chi connectivity index (χ1n) is 6.83. The summed E-state index contributed by atoms with van der Waals surface area (Å²) in [6.45, 7) is 8.43. The third kappa shape index (κ3) is 2.68. The lowest BCUT2D eigenvalue weighted by atomic mass is 9.95. The van der Waals surface area contributed by atoms with Gasteiger partial charge in [-0.25, -0.2) is 4.39 Å². The van der Waals surface area contributed by atoms with Gasteiger partial charge in [0.15, 0.2) is 6.29 Å². The minimum absolute atomic E-state index is 0.258. The van der Waals surface area contributed by atoms with Crippen LogP contribution in [0.25, 0.3) is 11.1 Å². The third-order valence-electron chi connectivity index (χ3n) is 3.30. The van der Waals surface area contributed by atoms with E-state index in [2.05, 4.69) is 27.7 Å². The molecule has 0 aliphatic rings. The normalized spacial score (nSPS) is 11.3. The Morgan fingerprint density at radius 2 is 1.55 bits per heavy atom. The second-order valence-corrected chi connectivity index (χ2v) is 6.64. The fourth-order valence-electron chi connectivity index (χ4n) is 2.35. The highest BCUT2D eigenvalue weighted by Gasteiger charge is 2.22. The molecular weight excluding hydrogens is 271 g/mol. The van der Waals surface area contributed by atoms with Gasteiger partial charge in [-0.05, 0) is 29.5 Å². The summed E-state index contributed by atoms with van der Waals surface area (Å²) in [4.78, 5) is 13.9. The van der Waals surface area contributed by atoms with Crippen molar-refractivity contribution in [2.24, 2.45) is 0 Å². The first-order valence-corrected chi connectivity index (χ1v) is 7.65. The highest BCUT2D eigenvalue weighted by molar-refractivity contribution is 7.13. The largest absolute Gasteiger partial charge is 0.298 e. The summed E-state index contributed by atoms with van der Waals surface area (Å²) in [5.41, 5.74) is 2.66. The van der Waals surface area contributed by atoms with Gasteiger partial charge < -0.3 is 0 Å². The van der Waals surface area contributed by atoms with Crippen molar-refractivity contribution in [2.75, 3.05) is 0 Å². The molecule has 0 aliphatic carbocycles. The van der Waals surface area contributed by atoms with Gasteiger partial charge in [0.05, 0.1) is 0 Å². The Labute approximate surface area is 123 Å². The van der Waals surface area contributed by atoms with E-state index in [9.17, 15) is 9.18 Å². The van der Waals surface area contributed by atoms with E-state index in [4.69, 9.17) is 0 Å². The molecule has 106 valence electrons. The van der Waals surface area contributed by atoms with Gasteiger partial charge in [0.1, 0.15) is 5.82 Å². The quantitative estimate of drug-likeness (QED) is 0.668. The second-order valence-electron chi connectivity index (χ2n) is 5.55. The van der Waals surface area contributed by atoms with Crippen molar-refractivity contribution in [3.8, 4) is 11.1 Å². The summed E-state index contributed by atoms with van der Waals surface area (Å²) >= 11 is 1.70. The van der Waals surface area contributed by atoms with Crippen LogP contribution in [0.2, 0.25) is 0 Å². The molecule has 0 radical (unpaired) electrons. The summed E-state index contributed by atoms with van der Waals surface area (Å²) in [5, 5.41) is 0. The molecular formula is C17H19FOS. The average molecular weight is 290 g/mol. The average Bonchev–Trinajstić information content (AvgIpc) is 2.79. The fourth-order valence-corrected chi connectivity index (χ4v) is 3.65. The van der Waals surface area contributed by atoms with E-state index in [-0.39, 0.29) is 5.82 Å². The van der Waals surface area contributed by atoms with Crippen LogP contribution in [0.3, 0.4) is 0 Å². The molecule has 2 aromatic rings. The van der Waals surface area contributed by atoms with Crippen molar-refractivity contribution in [3.63, 3.8) is 0 Å². The van der Waals surface area contributed by atoms with Crippen molar-refractivity contribution >= 4 is 17.6 Å². The molecule has 0 fully saturated rings. The van der Waals surface area contributed by atoms with Gasteiger partial charge in [-0.15, -0.1) is 11.3 Å². The van der Waals surface area contributed by atoms with Gasteiger partial charge in [-0.3, -0.25) is 4.79 Å². The highest BCUT2D eigenvalue weighted by Crippen LogP contribution is 2.42. The number of benzene rings is 1. The molecule has 0 atom stereocenters. The zero-order valence-corrected chi connectivity index (χ0v) is 13.1. The molecule has 0 bridgehead atoms. The topological polar surface area (TPSA) is 17.1 Å². The molecule has 1 aromatic heterocycles. The fraction of sp³-hybridized carbons (Fsp3) is 0.353.